The van der Waals surface area contributed by atoms with Gasteiger partial charge in [-0.3, -0.25) is 0 Å². The van der Waals surface area contributed by atoms with Gasteiger partial charge in [0, 0.05) is 5.02 Å². The second-order valence-electron chi connectivity index (χ2n) is 13.8. The second kappa shape index (κ2) is 9.61. The maximum atomic E-state index is 6.60. The van der Waals surface area contributed by atoms with Crippen LogP contribution in [0.25, 0.3) is 5.57 Å². The van der Waals surface area contributed by atoms with E-state index in [2.05, 4.69) is 65.0 Å². The van der Waals surface area contributed by atoms with Crippen LogP contribution in [0.5, 0.6) is 0 Å². The van der Waals surface area contributed by atoms with Crippen molar-refractivity contribution < 1.29 is 0 Å². The molecule has 3 fully saturated rings. The molecule has 8 atom stereocenters. The molecule has 0 amide bonds. The summed E-state index contributed by atoms with van der Waals surface area (Å²) < 4.78 is 0. The van der Waals surface area contributed by atoms with Gasteiger partial charge in [0.25, 0.3) is 0 Å². The van der Waals surface area contributed by atoms with Crippen molar-refractivity contribution in [1.29, 1.82) is 0 Å². The second-order valence-corrected chi connectivity index (χ2v) is 14.2. The third kappa shape index (κ3) is 4.23. The Balaban J connectivity index is 1.31. The summed E-state index contributed by atoms with van der Waals surface area (Å²) in [6.45, 7) is 12.8. The molecule has 0 bridgehead atoms. The molecule has 0 saturated heterocycles. The number of hydrogen-bond acceptors (Lipinski definition) is 0. The summed E-state index contributed by atoms with van der Waals surface area (Å²) in [5, 5.41) is 0.930. The number of halogens is 1. The lowest BCUT2D eigenvalue weighted by Gasteiger charge is -2.60. The first-order chi connectivity index (χ1) is 16.2. The summed E-state index contributed by atoms with van der Waals surface area (Å²) in [4.78, 5) is 0. The zero-order valence-corrected chi connectivity index (χ0v) is 23.3. The van der Waals surface area contributed by atoms with Crippen molar-refractivity contribution in [2.45, 2.75) is 105 Å². The van der Waals surface area contributed by atoms with E-state index in [0.717, 1.165) is 46.4 Å². The van der Waals surface area contributed by atoms with Crippen molar-refractivity contribution in [2.75, 3.05) is 0 Å². The molecule has 0 nitrogen and oxygen atoms in total. The van der Waals surface area contributed by atoms with Crippen LogP contribution in [0.3, 0.4) is 0 Å². The van der Waals surface area contributed by atoms with E-state index in [1.807, 2.05) is 0 Å². The molecule has 5 rings (SSSR count). The van der Waals surface area contributed by atoms with E-state index in [0.29, 0.717) is 10.8 Å². The normalized spacial score (nSPS) is 40.3. The van der Waals surface area contributed by atoms with E-state index in [1.54, 1.807) is 0 Å². The molecular formula is C33H49Cl. The van der Waals surface area contributed by atoms with Crippen molar-refractivity contribution >= 4 is 17.2 Å². The van der Waals surface area contributed by atoms with Gasteiger partial charge in [-0.25, -0.2) is 0 Å². The average Bonchev–Trinajstić information content (AvgIpc) is 3.16. The summed E-state index contributed by atoms with van der Waals surface area (Å²) in [6, 6.07) is 8.50. The van der Waals surface area contributed by atoms with Crippen LogP contribution in [0.1, 0.15) is 111 Å². The van der Waals surface area contributed by atoms with Gasteiger partial charge in [-0.1, -0.05) is 89.8 Å². The van der Waals surface area contributed by atoms with Crippen LogP contribution in [-0.2, 0) is 0 Å². The van der Waals surface area contributed by atoms with Crippen molar-refractivity contribution in [3.63, 3.8) is 0 Å². The van der Waals surface area contributed by atoms with Crippen LogP contribution in [0, 0.1) is 52.3 Å². The molecule has 0 spiro atoms. The third-order valence-electron chi connectivity index (χ3n) is 11.7. The minimum atomic E-state index is 0.496. The van der Waals surface area contributed by atoms with Crippen molar-refractivity contribution in [3.8, 4) is 0 Å². The molecule has 1 aromatic rings. The summed E-state index contributed by atoms with van der Waals surface area (Å²) >= 11 is 6.60. The number of allylic oxidation sites excluding steroid dienone is 2. The summed E-state index contributed by atoms with van der Waals surface area (Å²) in [6.07, 6.45) is 18.3. The van der Waals surface area contributed by atoms with Gasteiger partial charge in [0.05, 0.1) is 0 Å². The first-order valence-electron chi connectivity index (χ1n) is 14.7. The molecule has 1 heteroatoms. The predicted octanol–water partition coefficient (Wildman–Crippen LogP) is 10.5. The highest BCUT2D eigenvalue weighted by molar-refractivity contribution is 6.32. The molecule has 0 unspecified atom stereocenters. The number of rotatable bonds is 6. The monoisotopic (exact) mass is 480 g/mol. The van der Waals surface area contributed by atoms with Gasteiger partial charge in [-0.15, -0.1) is 0 Å². The van der Waals surface area contributed by atoms with E-state index in [-0.39, 0.29) is 0 Å². The Morgan fingerprint density at radius 2 is 1.68 bits per heavy atom. The van der Waals surface area contributed by atoms with E-state index in [9.17, 15) is 0 Å². The lowest BCUT2D eigenvalue weighted by atomic mass is 9.44. The van der Waals surface area contributed by atoms with Crippen LogP contribution in [0.15, 0.2) is 30.3 Å². The van der Waals surface area contributed by atoms with Gasteiger partial charge < -0.3 is 0 Å². The highest BCUT2D eigenvalue weighted by Crippen LogP contribution is 2.68. The maximum absolute atomic E-state index is 6.60. The lowest BCUT2D eigenvalue weighted by Crippen LogP contribution is -2.52. The van der Waals surface area contributed by atoms with Gasteiger partial charge in [-0.05, 0) is 121 Å². The summed E-state index contributed by atoms with van der Waals surface area (Å²) in [5.74, 6) is 6.46. The number of hydrogen-bond donors (Lipinski definition) is 0. The van der Waals surface area contributed by atoms with E-state index < -0.39 is 0 Å². The lowest BCUT2D eigenvalue weighted by molar-refractivity contribution is -0.0999. The Labute approximate surface area is 215 Å². The van der Waals surface area contributed by atoms with E-state index >= 15 is 0 Å². The van der Waals surface area contributed by atoms with E-state index in [1.165, 1.54) is 81.8 Å². The quantitative estimate of drug-likeness (QED) is 0.379. The maximum Gasteiger partial charge on any atom is 0.0481 e. The predicted molar refractivity (Wildman–Crippen MR) is 148 cm³/mol. The Kier molecular flexibility index (Phi) is 7.04. The molecule has 4 aliphatic carbocycles. The molecule has 34 heavy (non-hydrogen) atoms. The first-order valence-corrected chi connectivity index (χ1v) is 15.1. The van der Waals surface area contributed by atoms with Gasteiger partial charge in [0.2, 0.25) is 0 Å². The Bertz CT molecular complexity index is 898. The Morgan fingerprint density at radius 3 is 2.44 bits per heavy atom. The fourth-order valence-electron chi connectivity index (χ4n) is 9.85. The van der Waals surface area contributed by atoms with Gasteiger partial charge in [0.1, 0.15) is 0 Å². The first kappa shape index (κ1) is 24.9. The van der Waals surface area contributed by atoms with Crippen LogP contribution < -0.4 is 0 Å². The number of benzene rings is 1. The van der Waals surface area contributed by atoms with Gasteiger partial charge in [-0.2, -0.15) is 0 Å². The molecule has 0 heterocycles. The Morgan fingerprint density at radius 1 is 0.912 bits per heavy atom. The minimum Gasteiger partial charge on any atom is -0.0837 e. The van der Waals surface area contributed by atoms with Crippen molar-refractivity contribution in [1.82, 2.24) is 0 Å². The number of fused-ring (bicyclic) bond motifs is 5. The largest absolute Gasteiger partial charge is 0.0837 e. The SMILES string of the molecule is CC(C)CCC[C@@H](C)[C@@H]1CC[C@@H]2[C@H]3CC[C@H]4CC(c5ccccc5Cl)=CC[C@]4(C)[C@@H]3CC[C@]21C. The zero-order valence-electron chi connectivity index (χ0n) is 22.6. The minimum absolute atomic E-state index is 0.496. The van der Waals surface area contributed by atoms with Crippen LogP contribution in [0.4, 0.5) is 0 Å². The van der Waals surface area contributed by atoms with E-state index in [4.69, 9.17) is 11.6 Å². The van der Waals surface area contributed by atoms with Gasteiger partial charge in [0.15, 0.2) is 0 Å². The molecule has 1 aromatic carbocycles. The zero-order chi connectivity index (χ0) is 24.1. The topological polar surface area (TPSA) is 0 Å². The highest BCUT2D eigenvalue weighted by Gasteiger charge is 2.60. The third-order valence-corrected chi connectivity index (χ3v) is 12.1. The molecular weight excluding hydrogens is 432 g/mol. The molecule has 188 valence electrons. The smallest absolute Gasteiger partial charge is 0.0481 e. The molecule has 4 aliphatic rings. The van der Waals surface area contributed by atoms with Crippen molar-refractivity contribution in [2.24, 2.45) is 52.3 Å². The van der Waals surface area contributed by atoms with Crippen LogP contribution in [-0.4, -0.2) is 0 Å². The van der Waals surface area contributed by atoms with Crippen molar-refractivity contribution in [3.05, 3.63) is 40.9 Å². The fourth-order valence-corrected chi connectivity index (χ4v) is 10.1. The highest BCUT2D eigenvalue weighted by atomic mass is 35.5. The molecule has 3 saturated carbocycles. The summed E-state index contributed by atoms with van der Waals surface area (Å²) in [5.41, 5.74) is 3.91. The molecule has 0 aromatic heterocycles. The van der Waals surface area contributed by atoms with Crippen LogP contribution in [0.2, 0.25) is 5.02 Å². The Hall–Kier alpha value is -0.750. The molecule has 0 radical (unpaired) electrons. The molecule has 0 N–H and O–H groups in total. The average molecular weight is 481 g/mol. The van der Waals surface area contributed by atoms with Gasteiger partial charge >= 0.3 is 0 Å². The molecule has 0 aliphatic heterocycles. The standard InChI is InChI=1S/C33H49Cl/c1-22(2)9-8-10-23(3)28-15-16-29-27-14-13-25-21-24(26-11-6-7-12-31(26)34)17-19-32(25,4)30(27)18-20-33(28,29)5/h6-7,11-12,17,22-23,25,27-30H,8-10,13-16,18-21H2,1-5H3/t23-,25+,27-,28+,29-,30-,32+,33+/m1/s1. The van der Waals surface area contributed by atoms with Crippen LogP contribution >= 0.6 is 11.6 Å². The summed E-state index contributed by atoms with van der Waals surface area (Å²) in [7, 11) is 0. The fraction of sp³-hybridized carbons (Fsp3) is 0.758.